The van der Waals surface area contributed by atoms with E-state index in [0.717, 1.165) is 24.8 Å². The maximum atomic E-state index is 12.4. The molecule has 6 nitrogen and oxygen atoms in total. The van der Waals surface area contributed by atoms with Crippen LogP contribution in [0.4, 0.5) is 4.79 Å². The van der Waals surface area contributed by atoms with E-state index in [1.807, 2.05) is 33.2 Å². The first-order chi connectivity index (χ1) is 13.4. The van der Waals surface area contributed by atoms with E-state index in [1.165, 1.54) is 11.3 Å². The number of likely N-dealkylation sites (N-methyl/N-ethyl adjacent to an activating group) is 1. The van der Waals surface area contributed by atoms with Crippen molar-refractivity contribution in [1.82, 2.24) is 5.32 Å². The molecule has 0 fully saturated rings. The van der Waals surface area contributed by atoms with Crippen molar-refractivity contribution in [3.63, 3.8) is 0 Å². The molecule has 156 valence electrons. The summed E-state index contributed by atoms with van der Waals surface area (Å²) in [5.74, 6) is 0. The Morgan fingerprint density at radius 3 is 2.71 bits per heavy atom. The second-order valence-corrected chi connectivity index (χ2v) is 7.61. The number of allylic oxidation sites excluding steroid dienone is 1. The first-order valence-corrected chi connectivity index (χ1v) is 10.2. The van der Waals surface area contributed by atoms with E-state index in [4.69, 9.17) is 14.2 Å². The smallest absolute Gasteiger partial charge is 0.390 e. The molecule has 1 aliphatic rings. The maximum Gasteiger partial charge on any atom is 0.517 e. The third-order valence-corrected chi connectivity index (χ3v) is 4.82. The molecule has 28 heavy (non-hydrogen) atoms. The average Bonchev–Trinajstić information content (AvgIpc) is 2.66. The molecule has 0 saturated heterocycles. The molecule has 0 aliphatic carbocycles. The fourth-order valence-electron chi connectivity index (χ4n) is 3.04. The minimum absolute atomic E-state index is 0.0737. The van der Waals surface area contributed by atoms with Crippen LogP contribution >= 0.6 is 0 Å². The number of fused-ring (bicyclic) bond motifs is 1. The lowest BCUT2D eigenvalue weighted by Crippen LogP contribution is -2.49. The number of rotatable bonds is 10. The highest BCUT2D eigenvalue weighted by Gasteiger charge is 2.31. The van der Waals surface area contributed by atoms with Gasteiger partial charge < -0.3 is 19.5 Å². The van der Waals surface area contributed by atoms with E-state index in [9.17, 15) is 4.79 Å². The largest absolute Gasteiger partial charge is 0.517 e. The highest BCUT2D eigenvalue weighted by molar-refractivity contribution is 5.60. The predicted octanol–water partition coefficient (Wildman–Crippen LogP) is 4.43. The lowest BCUT2D eigenvalue weighted by atomic mass is 9.99. The molecule has 1 aromatic carbocycles. The van der Waals surface area contributed by atoms with Crippen LogP contribution in [0.15, 0.2) is 30.0 Å². The van der Waals surface area contributed by atoms with E-state index >= 15 is 0 Å². The topological polar surface area (TPSA) is 56.8 Å². The number of hydrogen-bond donors (Lipinski definition) is 1. The molecule has 0 bridgehead atoms. The monoisotopic (exact) mass is 391 g/mol. The van der Waals surface area contributed by atoms with Gasteiger partial charge in [-0.2, -0.15) is 4.79 Å². The Hall–Kier alpha value is -1.89. The Labute approximate surface area is 169 Å². The number of carbonyl (C=O) groups excluding carboxylic acids is 1. The Bertz CT molecular complexity index is 672. The standard InChI is InChI=1S/C22H35N2O4/c1-6-8-12-19-16-18-11-9-10-13-20(18)21(23-19)27-15-14-24(4,5)22(25)28-17(3)26-7-2/h9-11,13,16-17,21,23H,6-8,12,14-15H2,1-5H3/q+1. The van der Waals surface area contributed by atoms with E-state index in [2.05, 4.69) is 30.4 Å². The number of nitrogens with zero attached hydrogens (tertiary/aromatic N) is 1. The second kappa shape index (κ2) is 10.6. The number of amides is 1. The average molecular weight is 392 g/mol. The summed E-state index contributed by atoms with van der Waals surface area (Å²) in [6, 6.07) is 8.27. The summed E-state index contributed by atoms with van der Waals surface area (Å²) >= 11 is 0. The molecule has 2 rings (SSSR count). The van der Waals surface area contributed by atoms with Gasteiger partial charge in [-0.1, -0.05) is 37.6 Å². The number of carbonyl (C=O) groups is 1. The van der Waals surface area contributed by atoms with E-state index in [1.54, 1.807) is 6.92 Å². The molecule has 6 heteroatoms. The Morgan fingerprint density at radius 1 is 1.25 bits per heavy atom. The van der Waals surface area contributed by atoms with Crippen LogP contribution in [0, 0.1) is 0 Å². The number of benzene rings is 1. The van der Waals surface area contributed by atoms with Crippen molar-refractivity contribution >= 4 is 12.2 Å². The summed E-state index contributed by atoms with van der Waals surface area (Å²) in [6.07, 6.45) is 4.43. The number of hydrogen-bond acceptors (Lipinski definition) is 5. The van der Waals surface area contributed by atoms with Crippen molar-refractivity contribution in [2.45, 2.75) is 52.6 Å². The van der Waals surface area contributed by atoms with Crippen molar-refractivity contribution in [3.05, 3.63) is 41.1 Å². The van der Waals surface area contributed by atoms with Crippen LogP contribution in [-0.4, -0.2) is 50.7 Å². The maximum absolute atomic E-state index is 12.4. The minimum atomic E-state index is -0.547. The SMILES string of the molecule is CCCCC1=Cc2ccccc2C(OCC[N+](C)(C)C(=O)OC(C)OCC)N1. The third-order valence-electron chi connectivity index (χ3n) is 4.82. The summed E-state index contributed by atoms with van der Waals surface area (Å²) in [5.41, 5.74) is 3.51. The van der Waals surface area contributed by atoms with Gasteiger partial charge in [0.1, 0.15) is 6.54 Å². The molecule has 1 aromatic rings. The lowest BCUT2D eigenvalue weighted by Gasteiger charge is -2.30. The number of quaternary nitrogens is 1. The van der Waals surface area contributed by atoms with Gasteiger partial charge in [0.2, 0.25) is 6.29 Å². The van der Waals surface area contributed by atoms with Gasteiger partial charge in [0, 0.05) is 17.9 Å². The number of ether oxygens (including phenoxy) is 3. The summed E-state index contributed by atoms with van der Waals surface area (Å²) in [5, 5.41) is 3.50. The van der Waals surface area contributed by atoms with Crippen molar-refractivity contribution in [2.75, 3.05) is 33.9 Å². The van der Waals surface area contributed by atoms with Crippen LogP contribution < -0.4 is 5.32 Å². The van der Waals surface area contributed by atoms with Gasteiger partial charge in [-0.3, -0.25) is 0 Å². The van der Waals surface area contributed by atoms with Gasteiger partial charge in [-0.15, -0.1) is 0 Å². The molecular weight excluding hydrogens is 356 g/mol. The van der Waals surface area contributed by atoms with Gasteiger partial charge in [-0.25, -0.2) is 4.48 Å². The summed E-state index contributed by atoms with van der Waals surface area (Å²) in [4.78, 5) is 12.4. The summed E-state index contributed by atoms with van der Waals surface area (Å²) in [7, 11) is 3.64. The summed E-state index contributed by atoms with van der Waals surface area (Å²) < 4.78 is 16.9. The highest BCUT2D eigenvalue weighted by Crippen LogP contribution is 2.28. The molecule has 1 aliphatic heterocycles. The summed E-state index contributed by atoms with van der Waals surface area (Å²) in [6.45, 7) is 7.23. The van der Waals surface area contributed by atoms with Crippen molar-refractivity contribution < 1.29 is 23.5 Å². The van der Waals surface area contributed by atoms with Gasteiger partial charge in [-0.05, 0) is 38.3 Å². The zero-order valence-electron chi connectivity index (χ0n) is 17.9. The Balaban J connectivity index is 1.94. The second-order valence-electron chi connectivity index (χ2n) is 7.61. The van der Waals surface area contributed by atoms with Crippen LogP contribution in [0.2, 0.25) is 0 Å². The fraction of sp³-hybridized carbons (Fsp3) is 0.591. The van der Waals surface area contributed by atoms with Crippen molar-refractivity contribution in [3.8, 4) is 0 Å². The van der Waals surface area contributed by atoms with Crippen LogP contribution in [0.3, 0.4) is 0 Å². The normalized spacial score (nSPS) is 17.3. The third kappa shape index (κ3) is 6.33. The number of unbranched alkanes of at least 4 members (excludes halogenated alkanes) is 1. The molecule has 0 radical (unpaired) electrons. The van der Waals surface area contributed by atoms with E-state index < -0.39 is 6.29 Å². The van der Waals surface area contributed by atoms with Gasteiger partial charge in [0.15, 0.2) is 6.23 Å². The molecule has 0 saturated carbocycles. The lowest BCUT2D eigenvalue weighted by molar-refractivity contribution is -0.818. The zero-order valence-corrected chi connectivity index (χ0v) is 17.9. The fourth-order valence-corrected chi connectivity index (χ4v) is 3.04. The van der Waals surface area contributed by atoms with E-state index in [0.29, 0.717) is 19.8 Å². The first kappa shape index (κ1) is 22.4. The quantitative estimate of drug-likeness (QED) is 0.472. The van der Waals surface area contributed by atoms with Crippen LogP contribution in [0.25, 0.3) is 6.08 Å². The minimum Gasteiger partial charge on any atom is -0.390 e. The molecular formula is C22H35N2O4+. The van der Waals surface area contributed by atoms with Crippen LogP contribution in [0.5, 0.6) is 0 Å². The zero-order chi connectivity index (χ0) is 20.6. The predicted molar refractivity (Wildman–Crippen MR) is 110 cm³/mol. The van der Waals surface area contributed by atoms with Crippen LogP contribution in [-0.2, 0) is 14.2 Å². The van der Waals surface area contributed by atoms with Crippen LogP contribution in [0.1, 0.15) is 57.4 Å². The molecule has 2 atom stereocenters. The number of nitrogens with one attached hydrogen (secondary N) is 1. The van der Waals surface area contributed by atoms with E-state index in [-0.39, 0.29) is 16.8 Å². The van der Waals surface area contributed by atoms with Crippen molar-refractivity contribution in [1.29, 1.82) is 0 Å². The molecule has 1 heterocycles. The Morgan fingerprint density at radius 2 is 2.00 bits per heavy atom. The van der Waals surface area contributed by atoms with Gasteiger partial charge in [0.05, 0.1) is 20.7 Å². The first-order valence-electron chi connectivity index (χ1n) is 10.2. The highest BCUT2D eigenvalue weighted by atomic mass is 16.7. The van der Waals surface area contributed by atoms with Crippen molar-refractivity contribution in [2.24, 2.45) is 0 Å². The molecule has 2 unspecified atom stereocenters. The molecule has 0 spiro atoms. The van der Waals surface area contributed by atoms with Gasteiger partial charge in [0.25, 0.3) is 0 Å². The van der Waals surface area contributed by atoms with Gasteiger partial charge >= 0.3 is 6.09 Å². The molecule has 0 aromatic heterocycles. The molecule has 1 amide bonds. The Kier molecular flexibility index (Phi) is 8.48. The molecule has 1 N–H and O–H groups in total.